The molecule has 2 atom stereocenters. The summed E-state index contributed by atoms with van der Waals surface area (Å²) in [7, 11) is 0. The zero-order valence-corrected chi connectivity index (χ0v) is 16.2. The van der Waals surface area contributed by atoms with Crippen molar-refractivity contribution in [3.05, 3.63) is 35.4 Å². The summed E-state index contributed by atoms with van der Waals surface area (Å²) < 4.78 is 38.3. The summed E-state index contributed by atoms with van der Waals surface area (Å²) in [5.74, 6) is -0.00438. The fourth-order valence-corrected chi connectivity index (χ4v) is 3.36. The first kappa shape index (κ1) is 24.0. The van der Waals surface area contributed by atoms with E-state index in [1.165, 1.54) is 12.1 Å². The molecule has 0 saturated carbocycles. The summed E-state index contributed by atoms with van der Waals surface area (Å²) in [5, 5.41) is 12.5. The van der Waals surface area contributed by atoms with Gasteiger partial charge in [0.05, 0.1) is 17.7 Å². The van der Waals surface area contributed by atoms with Gasteiger partial charge in [-0.2, -0.15) is 13.2 Å². The Balaban J connectivity index is 0.00000182. The molecule has 2 fully saturated rings. The number of hydrogen-bond donors (Lipinski definition) is 2. The van der Waals surface area contributed by atoms with E-state index in [0.29, 0.717) is 51.3 Å². The van der Waals surface area contributed by atoms with Gasteiger partial charge in [0.2, 0.25) is 5.91 Å². The second-order valence-electron chi connectivity index (χ2n) is 6.65. The molecule has 2 unspecified atom stereocenters. The van der Waals surface area contributed by atoms with Gasteiger partial charge in [-0.05, 0) is 18.1 Å². The predicted molar refractivity (Wildman–Crippen MR) is 100 cm³/mol. The van der Waals surface area contributed by atoms with Gasteiger partial charge < -0.3 is 15.3 Å². The molecule has 10 heteroatoms. The zero-order chi connectivity index (χ0) is 18.0. The van der Waals surface area contributed by atoms with Gasteiger partial charge in [0.25, 0.3) is 0 Å². The molecule has 2 N–H and O–H groups in total. The number of rotatable bonds is 3. The molecule has 5 nitrogen and oxygen atoms in total. The molecule has 3 rings (SSSR count). The Bertz CT molecular complexity index is 626. The van der Waals surface area contributed by atoms with Crippen LogP contribution in [0.2, 0.25) is 0 Å². The number of amides is 1. The Morgan fingerprint density at radius 2 is 1.85 bits per heavy atom. The number of alkyl halides is 3. The van der Waals surface area contributed by atoms with E-state index in [9.17, 15) is 23.1 Å². The second-order valence-corrected chi connectivity index (χ2v) is 6.65. The number of aliphatic hydroxyl groups is 1. The normalized spacial score (nSPS) is 23.5. The van der Waals surface area contributed by atoms with Gasteiger partial charge in [0.1, 0.15) is 0 Å². The Kier molecular flexibility index (Phi) is 8.82. The van der Waals surface area contributed by atoms with Gasteiger partial charge >= 0.3 is 6.18 Å². The lowest BCUT2D eigenvalue weighted by molar-refractivity contribution is -0.138. The highest BCUT2D eigenvalue weighted by molar-refractivity contribution is 5.85. The van der Waals surface area contributed by atoms with Crippen LogP contribution in [-0.2, 0) is 17.5 Å². The fourth-order valence-electron chi connectivity index (χ4n) is 3.36. The largest absolute Gasteiger partial charge is 0.416 e. The van der Waals surface area contributed by atoms with Crippen molar-refractivity contribution in [2.45, 2.75) is 31.3 Å². The van der Waals surface area contributed by atoms with E-state index in [2.05, 4.69) is 10.2 Å². The van der Waals surface area contributed by atoms with Crippen molar-refractivity contribution < 1.29 is 23.1 Å². The Morgan fingerprint density at radius 3 is 2.41 bits per heavy atom. The molecule has 0 bridgehead atoms. The van der Waals surface area contributed by atoms with E-state index in [-0.39, 0.29) is 36.8 Å². The molecule has 1 aromatic rings. The molecule has 1 amide bonds. The van der Waals surface area contributed by atoms with Crippen molar-refractivity contribution in [1.29, 1.82) is 0 Å². The first-order valence-corrected chi connectivity index (χ1v) is 8.41. The SMILES string of the molecule is Cl.Cl.O=C(C1CC(O)CN1)N1CCN(Cc2cccc(C(F)(F)F)c2)CC1. The third kappa shape index (κ3) is 6.22. The van der Waals surface area contributed by atoms with Crippen LogP contribution in [0.1, 0.15) is 17.5 Å². The number of benzene rings is 1. The van der Waals surface area contributed by atoms with Gasteiger partial charge in [-0.3, -0.25) is 9.69 Å². The highest BCUT2D eigenvalue weighted by Gasteiger charge is 2.33. The topological polar surface area (TPSA) is 55.8 Å². The number of β-amino-alcohol motifs (C(OH)–C–C–N with tert-alkyl or cyclic N) is 1. The molecule has 154 valence electrons. The van der Waals surface area contributed by atoms with Crippen LogP contribution in [0.25, 0.3) is 0 Å². The van der Waals surface area contributed by atoms with E-state index < -0.39 is 17.8 Å². The number of aliphatic hydroxyl groups excluding tert-OH is 1. The Labute approximate surface area is 168 Å². The summed E-state index contributed by atoms with van der Waals surface area (Å²) >= 11 is 0. The lowest BCUT2D eigenvalue weighted by Gasteiger charge is -2.36. The minimum Gasteiger partial charge on any atom is -0.392 e. The van der Waals surface area contributed by atoms with Gasteiger partial charge in [-0.15, -0.1) is 24.8 Å². The number of nitrogens with zero attached hydrogens (tertiary/aromatic N) is 2. The third-order valence-electron chi connectivity index (χ3n) is 4.75. The van der Waals surface area contributed by atoms with Gasteiger partial charge in [-0.25, -0.2) is 0 Å². The van der Waals surface area contributed by atoms with E-state index in [1.807, 2.05) is 0 Å². The number of carbonyl (C=O) groups is 1. The predicted octanol–water partition coefficient (Wildman–Crippen LogP) is 1.92. The molecule has 0 aliphatic carbocycles. The minimum atomic E-state index is -4.33. The van der Waals surface area contributed by atoms with E-state index in [0.717, 1.165) is 6.07 Å². The standard InChI is InChI=1S/C17H22F3N3O2.2ClH/c18-17(19,20)13-3-1-2-12(8-13)11-22-4-6-23(7-5-22)16(25)15-9-14(24)10-21-15;;/h1-3,8,14-15,21,24H,4-7,9-11H2;2*1H. The van der Waals surface area contributed by atoms with Gasteiger partial charge in [0, 0.05) is 39.3 Å². The molecule has 2 heterocycles. The zero-order valence-electron chi connectivity index (χ0n) is 14.6. The average Bonchev–Trinajstić information content (AvgIpc) is 3.01. The highest BCUT2D eigenvalue weighted by atomic mass is 35.5. The van der Waals surface area contributed by atoms with Crippen molar-refractivity contribution in [2.24, 2.45) is 0 Å². The second kappa shape index (κ2) is 9.93. The molecule has 0 radical (unpaired) electrons. The van der Waals surface area contributed by atoms with Crippen LogP contribution < -0.4 is 5.32 Å². The quantitative estimate of drug-likeness (QED) is 0.770. The lowest BCUT2D eigenvalue weighted by Crippen LogP contribution is -2.52. The number of halogens is 5. The summed E-state index contributed by atoms with van der Waals surface area (Å²) in [4.78, 5) is 16.2. The first-order chi connectivity index (χ1) is 11.8. The third-order valence-corrected chi connectivity index (χ3v) is 4.75. The fraction of sp³-hybridized carbons (Fsp3) is 0.588. The van der Waals surface area contributed by atoms with Crippen molar-refractivity contribution in [2.75, 3.05) is 32.7 Å². The van der Waals surface area contributed by atoms with Crippen molar-refractivity contribution >= 4 is 30.7 Å². The van der Waals surface area contributed by atoms with Crippen LogP contribution in [0.5, 0.6) is 0 Å². The molecule has 1 aromatic carbocycles. The maximum absolute atomic E-state index is 12.8. The molecular formula is C17H24Cl2F3N3O2. The minimum absolute atomic E-state index is 0. The molecular weight excluding hydrogens is 406 g/mol. The first-order valence-electron chi connectivity index (χ1n) is 8.41. The number of nitrogens with one attached hydrogen (secondary N) is 1. The number of carbonyl (C=O) groups excluding carboxylic acids is 1. The van der Waals surface area contributed by atoms with Gasteiger partial charge in [0.15, 0.2) is 0 Å². The van der Waals surface area contributed by atoms with Crippen LogP contribution in [0.15, 0.2) is 24.3 Å². The Morgan fingerprint density at radius 1 is 1.19 bits per heavy atom. The molecule has 2 aliphatic rings. The van der Waals surface area contributed by atoms with Crippen molar-refractivity contribution in [3.8, 4) is 0 Å². The molecule has 27 heavy (non-hydrogen) atoms. The van der Waals surface area contributed by atoms with E-state index in [4.69, 9.17) is 0 Å². The van der Waals surface area contributed by atoms with Crippen LogP contribution in [0.3, 0.4) is 0 Å². The van der Waals surface area contributed by atoms with Crippen molar-refractivity contribution in [1.82, 2.24) is 15.1 Å². The molecule has 0 aromatic heterocycles. The summed E-state index contributed by atoms with van der Waals surface area (Å²) in [5.41, 5.74) is -0.0140. The van der Waals surface area contributed by atoms with Crippen LogP contribution in [0.4, 0.5) is 13.2 Å². The number of piperazine rings is 1. The van der Waals surface area contributed by atoms with Crippen LogP contribution >= 0.6 is 24.8 Å². The lowest BCUT2D eigenvalue weighted by atomic mass is 10.1. The highest BCUT2D eigenvalue weighted by Crippen LogP contribution is 2.29. The summed E-state index contributed by atoms with van der Waals surface area (Å²) in [6.07, 6.45) is -4.38. The van der Waals surface area contributed by atoms with Gasteiger partial charge in [-0.1, -0.05) is 18.2 Å². The molecule has 2 aliphatic heterocycles. The summed E-state index contributed by atoms with van der Waals surface area (Å²) in [6, 6.07) is 5.04. The average molecular weight is 430 g/mol. The molecule has 2 saturated heterocycles. The Hall–Kier alpha value is -1.06. The van der Waals surface area contributed by atoms with Crippen LogP contribution in [-0.4, -0.2) is 65.7 Å². The monoisotopic (exact) mass is 429 g/mol. The summed E-state index contributed by atoms with van der Waals surface area (Å²) in [6.45, 7) is 3.21. The van der Waals surface area contributed by atoms with E-state index >= 15 is 0 Å². The molecule has 0 spiro atoms. The van der Waals surface area contributed by atoms with E-state index in [1.54, 1.807) is 11.0 Å². The smallest absolute Gasteiger partial charge is 0.392 e. The van der Waals surface area contributed by atoms with Crippen molar-refractivity contribution in [3.63, 3.8) is 0 Å². The number of hydrogen-bond acceptors (Lipinski definition) is 4. The maximum atomic E-state index is 12.8. The maximum Gasteiger partial charge on any atom is 0.416 e. The van der Waals surface area contributed by atoms with Crippen LogP contribution in [0, 0.1) is 0 Å².